The highest BCUT2D eigenvalue weighted by Gasteiger charge is 2.27. The number of aromatic nitrogens is 1. The summed E-state index contributed by atoms with van der Waals surface area (Å²) in [4.78, 5) is 2.56. The molecule has 0 saturated heterocycles. The summed E-state index contributed by atoms with van der Waals surface area (Å²) in [5.74, 6) is 1.73. The summed E-state index contributed by atoms with van der Waals surface area (Å²) in [6.07, 6.45) is 0. The van der Waals surface area contributed by atoms with Gasteiger partial charge in [-0.1, -0.05) is 30.3 Å². The van der Waals surface area contributed by atoms with Gasteiger partial charge in [0.15, 0.2) is 0 Å². The molecule has 3 nitrogen and oxygen atoms in total. The summed E-state index contributed by atoms with van der Waals surface area (Å²) in [5.41, 5.74) is 5.55. The Labute approximate surface area is 162 Å². The van der Waals surface area contributed by atoms with Crippen LogP contribution in [0.15, 0.2) is 60.7 Å². The van der Waals surface area contributed by atoms with E-state index in [1.165, 1.54) is 22.5 Å². The van der Waals surface area contributed by atoms with Crippen molar-refractivity contribution in [1.82, 2.24) is 9.47 Å². The molecule has 3 heteroatoms. The third-order valence-corrected chi connectivity index (χ3v) is 5.49. The average Bonchev–Trinajstić information content (AvgIpc) is 2.99. The predicted molar refractivity (Wildman–Crippen MR) is 111 cm³/mol. The van der Waals surface area contributed by atoms with Gasteiger partial charge in [-0.3, -0.25) is 4.90 Å². The van der Waals surface area contributed by atoms with Crippen molar-refractivity contribution in [1.29, 1.82) is 0 Å². The van der Waals surface area contributed by atoms with Gasteiger partial charge >= 0.3 is 0 Å². The summed E-state index contributed by atoms with van der Waals surface area (Å²) < 4.78 is 8.40. The van der Waals surface area contributed by atoms with E-state index in [2.05, 4.69) is 67.5 Å². The van der Waals surface area contributed by atoms with Gasteiger partial charge < -0.3 is 9.30 Å². The van der Waals surface area contributed by atoms with Crippen LogP contribution in [0.1, 0.15) is 32.2 Å². The molecule has 0 unspecified atom stereocenters. The molecule has 4 rings (SSSR count). The lowest BCUT2D eigenvalue weighted by molar-refractivity contribution is 0.102. The lowest BCUT2D eigenvalue weighted by Crippen LogP contribution is -2.45. The number of para-hydroxylation sites is 1. The SMILES string of the molecule is Cc1c(-c2ccc(Oc3ccccc3)cc2)cc2n1CCN(C(C)(C)C)C2. The molecular weight excluding hydrogens is 332 g/mol. The molecule has 1 aliphatic heterocycles. The maximum atomic E-state index is 5.92. The molecule has 0 aliphatic carbocycles. The summed E-state index contributed by atoms with van der Waals surface area (Å²) in [5, 5.41) is 0. The highest BCUT2D eigenvalue weighted by atomic mass is 16.5. The molecule has 0 saturated carbocycles. The molecule has 1 aliphatic rings. The number of fused-ring (bicyclic) bond motifs is 1. The van der Waals surface area contributed by atoms with E-state index in [0.717, 1.165) is 31.1 Å². The summed E-state index contributed by atoms with van der Waals surface area (Å²) in [6, 6.07) is 20.7. The van der Waals surface area contributed by atoms with Crippen molar-refractivity contribution in [3.05, 3.63) is 72.1 Å². The maximum Gasteiger partial charge on any atom is 0.127 e. The van der Waals surface area contributed by atoms with Crippen LogP contribution in [0.3, 0.4) is 0 Å². The zero-order chi connectivity index (χ0) is 19.0. The fourth-order valence-electron chi connectivity index (χ4n) is 3.84. The Morgan fingerprint density at radius 2 is 1.52 bits per heavy atom. The topological polar surface area (TPSA) is 17.4 Å². The van der Waals surface area contributed by atoms with Crippen LogP contribution in [-0.2, 0) is 13.1 Å². The normalized spacial score (nSPS) is 14.8. The Hall–Kier alpha value is -2.52. The Morgan fingerprint density at radius 1 is 0.852 bits per heavy atom. The maximum absolute atomic E-state index is 5.92. The van der Waals surface area contributed by atoms with Gasteiger partial charge in [-0.2, -0.15) is 0 Å². The van der Waals surface area contributed by atoms with Gasteiger partial charge in [0.05, 0.1) is 0 Å². The average molecular weight is 361 g/mol. The first kappa shape index (κ1) is 17.9. The van der Waals surface area contributed by atoms with Gasteiger partial charge in [-0.05, 0) is 63.6 Å². The van der Waals surface area contributed by atoms with E-state index >= 15 is 0 Å². The van der Waals surface area contributed by atoms with E-state index in [4.69, 9.17) is 4.74 Å². The number of hydrogen-bond acceptors (Lipinski definition) is 2. The molecule has 0 amide bonds. The van der Waals surface area contributed by atoms with Crippen LogP contribution in [-0.4, -0.2) is 21.6 Å². The molecule has 0 fully saturated rings. The van der Waals surface area contributed by atoms with Gasteiger partial charge in [0.2, 0.25) is 0 Å². The second-order valence-electron chi connectivity index (χ2n) is 8.32. The minimum absolute atomic E-state index is 0.208. The van der Waals surface area contributed by atoms with E-state index < -0.39 is 0 Å². The monoisotopic (exact) mass is 360 g/mol. The van der Waals surface area contributed by atoms with Crippen molar-refractivity contribution in [2.45, 2.75) is 46.3 Å². The summed E-state index contributed by atoms with van der Waals surface area (Å²) in [6.45, 7) is 12.3. The van der Waals surface area contributed by atoms with E-state index in [-0.39, 0.29) is 5.54 Å². The molecule has 2 heterocycles. The van der Waals surface area contributed by atoms with Gasteiger partial charge in [-0.15, -0.1) is 0 Å². The van der Waals surface area contributed by atoms with Crippen LogP contribution in [0.2, 0.25) is 0 Å². The Morgan fingerprint density at radius 3 is 2.19 bits per heavy atom. The number of nitrogens with zero attached hydrogens (tertiary/aromatic N) is 2. The first-order valence-corrected chi connectivity index (χ1v) is 9.69. The van der Waals surface area contributed by atoms with Crippen molar-refractivity contribution in [2.75, 3.05) is 6.54 Å². The molecule has 27 heavy (non-hydrogen) atoms. The minimum Gasteiger partial charge on any atom is -0.457 e. The molecule has 0 atom stereocenters. The second-order valence-corrected chi connectivity index (χ2v) is 8.32. The van der Waals surface area contributed by atoms with Gasteiger partial charge in [0.25, 0.3) is 0 Å². The number of ether oxygens (including phenoxy) is 1. The molecule has 0 spiro atoms. The largest absolute Gasteiger partial charge is 0.457 e. The third-order valence-electron chi connectivity index (χ3n) is 5.49. The van der Waals surface area contributed by atoms with E-state index in [0.29, 0.717) is 0 Å². The Kier molecular flexibility index (Phi) is 4.56. The van der Waals surface area contributed by atoms with Crippen LogP contribution in [0.4, 0.5) is 0 Å². The quantitative estimate of drug-likeness (QED) is 0.581. The van der Waals surface area contributed by atoms with E-state index in [1.807, 2.05) is 30.3 Å². The number of rotatable bonds is 3. The molecule has 2 aromatic carbocycles. The second kappa shape index (κ2) is 6.90. The van der Waals surface area contributed by atoms with Gasteiger partial charge in [-0.25, -0.2) is 0 Å². The molecule has 1 aromatic heterocycles. The van der Waals surface area contributed by atoms with Crippen LogP contribution >= 0.6 is 0 Å². The molecule has 0 radical (unpaired) electrons. The van der Waals surface area contributed by atoms with Crippen molar-refractivity contribution in [3.8, 4) is 22.6 Å². The minimum atomic E-state index is 0.208. The molecular formula is C24H28N2O. The van der Waals surface area contributed by atoms with Crippen molar-refractivity contribution < 1.29 is 4.74 Å². The zero-order valence-electron chi connectivity index (χ0n) is 16.7. The van der Waals surface area contributed by atoms with Crippen molar-refractivity contribution in [2.24, 2.45) is 0 Å². The third kappa shape index (κ3) is 3.65. The Balaban J connectivity index is 1.57. The summed E-state index contributed by atoms with van der Waals surface area (Å²) >= 11 is 0. The van der Waals surface area contributed by atoms with Gasteiger partial charge in [0, 0.05) is 42.1 Å². The standard InChI is InChI=1S/C24H28N2O/c1-18-23(16-20-17-25(24(2,3)4)14-15-26(18)20)19-10-12-22(13-11-19)27-21-8-6-5-7-9-21/h5-13,16H,14-15,17H2,1-4H3. The predicted octanol–water partition coefficient (Wildman–Crippen LogP) is 5.87. The highest BCUT2D eigenvalue weighted by Crippen LogP contribution is 2.32. The number of hydrogen-bond donors (Lipinski definition) is 0. The van der Waals surface area contributed by atoms with E-state index in [9.17, 15) is 0 Å². The lowest BCUT2D eigenvalue weighted by Gasteiger charge is -2.39. The van der Waals surface area contributed by atoms with Crippen LogP contribution < -0.4 is 4.74 Å². The molecule has 3 aromatic rings. The fraction of sp³-hybridized carbons (Fsp3) is 0.333. The number of benzene rings is 2. The highest BCUT2D eigenvalue weighted by molar-refractivity contribution is 5.68. The summed E-state index contributed by atoms with van der Waals surface area (Å²) in [7, 11) is 0. The first-order chi connectivity index (χ1) is 12.9. The van der Waals surface area contributed by atoms with Crippen molar-refractivity contribution >= 4 is 0 Å². The Bertz CT molecular complexity index is 918. The van der Waals surface area contributed by atoms with Crippen LogP contribution in [0.25, 0.3) is 11.1 Å². The molecule has 140 valence electrons. The van der Waals surface area contributed by atoms with Crippen molar-refractivity contribution in [3.63, 3.8) is 0 Å². The van der Waals surface area contributed by atoms with E-state index in [1.54, 1.807) is 0 Å². The van der Waals surface area contributed by atoms with Gasteiger partial charge in [0.1, 0.15) is 11.5 Å². The first-order valence-electron chi connectivity index (χ1n) is 9.69. The smallest absolute Gasteiger partial charge is 0.127 e. The van der Waals surface area contributed by atoms with Crippen LogP contribution in [0.5, 0.6) is 11.5 Å². The molecule has 0 N–H and O–H groups in total. The molecule has 0 bridgehead atoms. The van der Waals surface area contributed by atoms with Crippen LogP contribution in [0, 0.1) is 6.92 Å². The fourth-order valence-corrected chi connectivity index (χ4v) is 3.84. The lowest BCUT2D eigenvalue weighted by atomic mass is 10.0. The zero-order valence-corrected chi connectivity index (χ0v) is 16.7.